The molecule has 2 aromatic carbocycles. The summed E-state index contributed by atoms with van der Waals surface area (Å²) in [4.78, 5) is 12.3. The minimum absolute atomic E-state index is 0.109. The van der Waals surface area contributed by atoms with E-state index < -0.39 is 15.9 Å². The molecule has 0 unspecified atom stereocenters. The molecular formula is C19H23FN2O3S. The maximum atomic E-state index is 12.9. The number of carbonyl (C=O) groups excluding carboxylic acids is 1. The second-order valence-electron chi connectivity index (χ2n) is 6.39. The van der Waals surface area contributed by atoms with Crippen molar-refractivity contribution in [2.24, 2.45) is 0 Å². The van der Waals surface area contributed by atoms with Gasteiger partial charge in [-0.2, -0.15) is 0 Å². The standard InChI is InChI=1S/C19H23FN2O3S/c1-14(2)17-6-4-5-7-18(17)22(26(3,24)25)13-19(23)21-12-15-8-10-16(20)11-9-15/h4-11,14H,12-13H2,1-3H3,(H,21,23). The molecule has 5 nitrogen and oxygen atoms in total. The summed E-state index contributed by atoms with van der Waals surface area (Å²) >= 11 is 0. The van der Waals surface area contributed by atoms with Crippen molar-refractivity contribution in [1.82, 2.24) is 5.32 Å². The number of carbonyl (C=O) groups is 1. The van der Waals surface area contributed by atoms with E-state index in [1.807, 2.05) is 26.0 Å². The number of nitrogens with zero attached hydrogens (tertiary/aromatic N) is 1. The lowest BCUT2D eigenvalue weighted by molar-refractivity contribution is -0.119. The molecular weight excluding hydrogens is 355 g/mol. The minimum Gasteiger partial charge on any atom is -0.350 e. The summed E-state index contributed by atoms with van der Waals surface area (Å²) in [6, 6.07) is 12.9. The Morgan fingerprint density at radius 3 is 2.31 bits per heavy atom. The predicted molar refractivity (Wildman–Crippen MR) is 101 cm³/mol. The largest absolute Gasteiger partial charge is 0.350 e. The number of amides is 1. The molecule has 0 aromatic heterocycles. The number of hydrogen-bond acceptors (Lipinski definition) is 3. The second-order valence-corrected chi connectivity index (χ2v) is 8.29. The molecule has 1 N–H and O–H groups in total. The molecule has 1 amide bonds. The highest BCUT2D eigenvalue weighted by Gasteiger charge is 2.23. The average Bonchev–Trinajstić information content (AvgIpc) is 2.58. The van der Waals surface area contributed by atoms with Crippen LogP contribution in [0.4, 0.5) is 10.1 Å². The lowest BCUT2D eigenvalue weighted by atomic mass is 10.0. The predicted octanol–water partition coefficient (Wildman–Crippen LogP) is 3.03. The van der Waals surface area contributed by atoms with Gasteiger partial charge in [-0.15, -0.1) is 0 Å². The highest BCUT2D eigenvalue weighted by molar-refractivity contribution is 7.92. The first-order valence-electron chi connectivity index (χ1n) is 8.26. The fourth-order valence-electron chi connectivity index (χ4n) is 2.57. The molecule has 0 bridgehead atoms. The summed E-state index contributed by atoms with van der Waals surface area (Å²) in [5.74, 6) is -0.676. The molecule has 0 aliphatic heterocycles. The van der Waals surface area contributed by atoms with Gasteiger partial charge in [0.2, 0.25) is 15.9 Å². The van der Waals surface area contributed by atoms with E-state index in [4.69, 9.17) is 0 Å². The molecule has 0 saturated heterocycles. The number of anilines is 1. The van der Waals surface area contributed by atoms with Gasteiger partial charge in [-0.25, -0.2) is 12.8 Å². The summed E-state index contributed by atoms with van der Waals surface area (Å²) in [5.41, 5.74) is 2.08. The van der Waals surface area contributed by atoms with Gasteiger partial charge >= 0.3 is 0 Å². The molecule has 0 spiro atoms. The van der Waals surface area contributed by atoms with Crippen LogP contribution >= 0.6 is 0 Å². The smallest absolute Gasteiger partial charge is 0.241 e. The van der Waals surface area contributed by atoms with E-state index in [-0.39, 0.29) is 24.8 Å². The molecule has 0 heterocycles. The molecule has 0 fully saturated rings. The molecule has 140 valence electrons. The highest BCUT2D eigenvalue weighted by Crippen LogP contribution is 2.28. The Kier molecular flexibility index (Phi) is 6.37. The van der Waals surface area contributed by atoms with Crippen LogP contribution in [0.2, 0.25) is 0 Å². The van der Waals surface area contributed by atoms with Crippen LogP contribution in [-0.2, 0) is 21.4 Å². The van der Waals surface area contributed by atoms with Gasteiger partial charge in [0.05, 0.1) is 11.9 Å². The van der Waals surface area contributed by atoms with Crippen molar-refractivity contribution >= 4 is 21.6 Å². The molecule has 7 heteroatoms. The summed E-state index contributed by atoms with van der Waals surface area (Å²) in [5, 5.41) is 2.67. The van der Waals surface area contributed by atoms with Gasteiger partial charge in [-0.05, 0) is 35.2 Å². The molecule has 0 radical (unpaired) electrons. The van der Waals surface area contributed by atoms with E-state index in [9.17, 15) is 17.6 Å². The number of benzene rings is 2. The van der Waals surface area contributed by atoms with E-state index in [1.54, 1.807) is 24.3 Å². The van der Waals surface area contributed by atoms with Gasteiger partial charge in [0.25, 0.3) is 0 Å². The van der Waals surface area contributed by atoms with Gasteiger partial charge in [0.1, 0.15) is 12.4 Å². The monoisotopic (exact) mass is 378 g/mol. The van der Waals surface area contributed by atoms with Gasteiger partial charge < -0.3 is 5.32 Å². The zero-order valence-corrected chi connectivity index (χ0v) is 15.9. The molecule has 2 aromatic rings. The Hall–Kier alpha value is -2.41. The third-order valence-corrected chi connectivity index (χ3v) is 5.04. The highest BCUT2D eigenvalue weighted by atomic mass is 32.2. The van der Waals surface area contributed by atoms with Gasteiger partial charge in [0.15, 0.2) is 0 Å². The van der Waals surface area contributed by atoms with Crippen LogP contribution in [0, 0.1) is 5.82 Å². The third kappa shape index (κ3) is 5.29. The Morgan fingerprint density at radius 1 is 1.12 bits per heavy atom. The van der Waals surface area contributed by atoms with Crippen molar-refractivity contribution in [1.29, 1.82) is 0 Å². The summed E-state index contributed by atoms with van der Waals surface area (Å²) in [6.45, 7) is 3.81. The lowest BCUT2D eigenvalue weighted by Crippen LogP contribution is -2.40. The Bertz CT molecular complexity index is 865. The van der Waals surface area contributed by atoms with Gasteiger partial charge in [0, 0.05) is 6.54 Å². The van der Waals surface area contributed by atoms with Crippen LogP contribution in [0.1, 0.15) is 30.9 Å². The van der Waals surface area contributed by atoms with Gasteiger partial charge in [-0.3, -0.25) is 9.10 Å². The van der Waals surface area contributed by atoms with Crippen molar-refractivity contribution in [2.45, 2.75) is 26.3 Å². The summed E-state index contributed by atoms with van der Waals surface area (Å²) < 4.78 is 38.5. The number of nitrogens with one attached hydrogen (secondary N) is 1. The average molecular weight is 378 g/mol. The summed E-state index contributed by atoms with van der Waals surface area (Å²) in [7, 11) is -3.63. The molecule has 26 heavy (non-hydrogen) atoms. The molecule has 0 atom stereocenters. The molecule has 0 aliphatic rings. The first kappa shape index (κ1) is 19.9. The maximum Gasteiger partial charge on any atom is 0.241 e. The lowest BCUT2D eigenvalue weighted by Gasteiger charge is -2.25. The normalized spacial score (nSPS) is 11.4. The van der Waals surface area contributed by atoms with Crippen molar-refractivity contribution in [2.75, 3.05) is 17.1 Å². The maximum absolute atomic E-state index is 12.9. The van der Waals surface area contributed by atoms with Gasteiger partial charge in [-0.1, -0.05) is 44.2 Å². The van der Waals surface area contributed by atoms with Crippen LogP contribution < -0.4 is 9.62 Å². The number of hydrogen-bond donors (Lipinski definition) is 1. The molecule has 2 rings (SSSR count). The number of para-hydroxylation sites is 1. The van der Waals surface area contributed by atoms with Crippen LogP contribution in [0.5, 0.6) is 0 Å². The third-order valence-electron chi connectivity index (χ3n) is 3.92. The topological polar surface area (TPSA) is 66.5 Å². The Labute approximate surface area is 153 Å². The fraction of sp³-hybridized carbons (Fsp3) is 0.316. The molecule has 0 saturated carbocycles. The van der Waals surface area contributed by atoms with E-state index in [1.165, 1.54) is 12.1 Å². The molecule has 0 aliphatic carbocycles. The first-order valence-corrected chi connectivity index (χ1v) is 10.1. The number of rotatable bonds is 7. The minimum atomic E-state index is -3.63. The van der Waals surface area contributed by atoms with Crippen LogP contribution in [0.3, 0.4) is 0 Å². The van der Waals surface area contributed by atoms with Crippen molar-refractivity contribution in [3.63, 3.8) is 0 Å². The van der Waals surface area contributed by atoms with Crippen molar-refractivity contribution < 1.29 is 17.6 Å². The van der Waals surface area contributed by atoms with E-state index in [2.05, 4.69) is 5.32 Å². The van der Waals surface area contributed by atoms with Crippen LogP contribution in [-0.4, -0.2) is 27.1 Å². The van der Waals surface area contributed by atoms with Crippen molar-refractivity contribution in [3.05, 3.63) is 65.5 Å². The fourth-order valence-corrected chi connectivity index (χ4v) is 3.45. The van der Waals surface area contributed by atoms with Crippen LogP contribution in [0.25, 0.3) is 0 Å². The Balaban J connectivity index is 2.16. The van der Waals surface area contributed by atoms with E-state index >= 15 is 0 Å². The van der Waals surface area contributed by atoms with E-state index in [0.717, 1.165) is 21.7 Å². The quantitative estimate of drug-likeness (QED) is 0.805. The van der Waals surface area contributed by atoms with Crippen molar-refractivity contribution in [3.8, 4) is 0 Å². The SMILES string of the molecule is CC(C)c1ccccc1N(CC(=O)NCc1ccc(F)cc1)S(C)(=O)=O. The zero-order chi connectivity index (χ0) is 19.3. The Morgan fingerprint density at radius 2 is 1.73 bits per heavy atom. The number of halogens is 1. The number of sulfonamides is 1. The second kappa shape index (κ2) is 8.31. The van der Waals surface area contributed by atoms with Crippen LogP contribution in [0.15, 0.2) is 48.5 Å². The summed E-state index contributed by atoms with van der Waals surface area (Å²) in [6.07, 6.45) is 1.08. The van der Waals surface area contributed by atoms with E-state index in [0.29, 0.717) is 5.69 Å². The first-order chi connectivity index (χ1) is 12.2. The zero-order valence-electron chi connectivity index (χ0n) is 15.1.